The summed E-state index contributed by atoms with van der Waals surface area (Å²) in [5, 5.41) is 3.23. The third-order valence-electron chi connectivity index (χ3n) is 2.90. The van der Waals surface area contributed by atoms with Crippen LogP contribution in [-0.4, -0.2) is 38.6 Å². The highest BCUT2D eigenvalue weighted by molar-refractivity contribution is 4.71. The van der Waals surface area contributed by atoms with Crippen LogP contribution in [0.1, 0.15) is 54.4 Å². The third kappa shape index (κ3) is 13.9. The van der Waals surface area contributed by atoms with Crippen molar-refractivity contribution in [1.82, 2.24) is 10.2 Å². The normalized spacial score (nSPS) is 11.6. The highest BCUT2D eigenvalue weighted by Crippen LogP contribution is 2.24. The fourth-order valence-corrected chi connectivity index (χ4v) is 1.80. The smallest absolute Gasteiger partial charge is 0.000134 e. The van der Waals surface area contributed by atoms with Crippen molar-refractivity contribution in [2.24, 2.45) is 11.3 Å². The summed E-state index contributed by atoms with van der Waals surface area (Å²) >= 11 is 0. The van der Waals surface area contributed by atoms with E-state index in [9.17, 15) is 0 Å². The molecule has 1 N–H and O–H groups in total. The van der Waals surface area contributed by atoms with Gasteiger partial charge in [0.25, 0.3) is 0 Å². The Bertz CT molecular complexity index is 153. The Morgan fingerprint density at radius 3 is 2.06 bits per heavy atom. The highest BCUT2D eigenvalue weighted by Gasteiger charge is 2.17. The van der Waals surface area contributed by atoms with E-state index in [0.29, 0.717) is 5.41 Å². The minimum Gasteiger partial charge on any atom is -0.320 e. The molecule has 0 aliphatic carbocycles. The fourth-order valence-electron chi connectivity index (χ4n) is 1.80. The summed E-state index contributed by atoms with van der Waals surface area (Å²) in [5.74, 6) is 0.774. The molecular formula is C15H36N2. The Kier molecular flexibility index (Phi) is 12.5. The Morgan fingerprint density at radius 1 is 1.12 bits per heavy atom. The Morgan fingerprint density at radius 2 is 1.65 bits per heavy atom. The number of nitrogens with one attached hydrogen (secondary N) is 1. The van der Waals surface area contributed by atoms with E-state index in [1.165, 1.54) is 25.9 Å². The lowest BCUT2D eigenvalue weighted by Crippen LogP contribution is -2.29. The van der Waals surface area contributed by atoms with E-state index >= 15 is 0 Å². The van der Waals surface area contributed by atoms with Crippen LogP contribution in [0.4, 0.5) is 0 Å². The first-order valence-electron chi connectivity index (χ1n) is 7.20. The highest BCUT2D eigenvalue weighted by atomic mass is 15.1. The lowest BCUT2D eigenvalue weighted by molar-refractivity contribution is 0.222. The summed E-state index contributed by atoms with van der Waals surface area (Å²) in [4.78, 5) is 2.45. The number of rotatable bonds is 8. The maximum atomic E-state index is 3.23. The summed E-state index contributed by atoms with van der Waals surface area (Å²) in [6.07, 6.45) is 2.55. The molecule has 0 radical (unpaired) electrons. The van der Waals surface area contributed by atoms with E-state index in [2.05, 4.69) is 45.0 Å². The van der Waals surface area contributed by atoms with Gasteiger partial charge in [-0.2, -0.15) is 0 Å². The van der Waals surface area contributed by atoms with E-state index in [0.717, 1.165) is 12.5 Å². The second-order valence-corrected chi connectivity index (χ2v) is 5.92. The topological polar surface area (TPSA) is 15.3 Å². The van der Waals surface area contributed by atoms with Gasteiger partial charge in [0, 0.05) is 6.54 Å². The molecule has 106 valence electrons. The van der Waals surface area contributed by atoms with Crippen LogP contribution in [0.15, 0.2) is 0 Å². The molecule has 2 heteroatoms. The lowest BCUT2D eigenvalue weighted by atomic mass is 9.85. The van der Waals surface area contributed by atoms with E-state index in [1.54, 1.807) is 0 Å². The minimum atomic E-state index is 0.467. The largest absolute Gasteiger partial charge is 0.320 e. The zero-order valence-electron chi connectivity index (χ0n) is 13.6. The monoisotopic (exact) mass is 244 g/mol. The van der Waals surface area contributed by atoms with Crippen LogP contribution in [0.5, 0.6) is 0 Å². The molecule has 0 saturated carbocycles. The molecule has 0 aliphatic rings. The summed E-state index contributed by atoms with van der Waals surface area (Å²) in [6, 6.07) is 0. The van der Waals surface area contributed by atoms with Crippen molar-refractivity contribution in [2.45, 2.75) is 54.4 Å². The van der Waals surface area contributed by atoms with E-state index in [-0.39, 0.29) is 0 Å². The van der Waals surface area contributed by atoms with Crippen molar-refractivity contribution in [3.63, 3.8) is 0 Å². The Balaban J connectivity index is 0. The maximum absolute atomic E-state index is 3.23. The fraction of sp³-hybridized carbons (Fsp3) is 1.00. The van der Waals surface area contributed by atoms with Gasteiger partial charge in [-0.25, -0.2) is 0 Å². The van der Waals surface area contributed by atoms with Gasteiger partial charge in [-0.05, 0) is 51.4 Å². The van der Waals surface area contributed by atoms with Crippen molar-refractivity contribution in [3.8, 4) is 0 Å². The third-order valence-corrected chi connectivity index (χ3v) is 2.90. The van der Waals surface area contributed by atoms with Gasteiger partial charge in [-0.1, -0.05) is 41.5 Å². The Labute approximate surface area is 110 Å². The first-order chi connectivity index (χ1) is 7.87. The van der Waals surface area contributed by atoms with Gasteiger partial charge in [0.1, 0.15) is 0 Å². The van der Waals surface area contributed by atoms with Gasteiger partial charge in [0.15, 0.2) is 0 Å². The van der Waals surface area contributed by atoms with E-state index in [1.807, 2.05) is 20.9 Å². The number of hydrogen-bond donors (Lipinski definition) is 1. The van der Waals surface area contributed by atoms with Crippen LogP contribution < -0.4 is 5.32 Å². The molecule has 0 saturated heterocycles. The van der Waals surface area contributed by atoms with Crippen molar-refractivity contribution >= 4 is 0 Å². The van der Waals surface area contributed by atoms with Crippen LogP contribution in [-0.2, 0) is 0 Å². The molecule has 0 bridgehead atoms. The summed E-state index contributed by atoms with van der Waals surface area (Å²) in [6.45, 7) is 16.9. The summed E-state index contributed by atoms with van der Waals surface area (Å²) in [7, 11) is 4.26. The molecule has 0 aromatic rings. The van der Waals surface area contributed by atoms with E-state index < -0.39 is 0 Å². The zero-order valence-corrected chi connectivity index (χ0v) is 13.6. The molecule has 0 aromatic heterocycles. The molecule has 0 spiro atoms. The molecule has 0 rings (SSSR count). The van der Waals surface area contributed by atoms with Crippen molar-refractivity contribution < 1.29 is 0 Å². The lowest BCUT2D eigenvalue weighted by Gasteiger charge is -2.28. The standard InChI is InChI=1S/C13H30N2.C2H6/c1-12(2)11-15(6)10-8-13(3,4)7-9-14-5;1-2/h12,14H,7-11H2,1-6H3;1-2H3. The van der Waals surface area contributed by atoms with Crippen LogP contribution >= 0.6 is 0 Å². The second kappa shape index (κ2) is 11.0. The molecular weight excluding hydrogens is 208 g/mol. The number of nitrogens with zero attached hydrogens (tertiary/aromatic N) is 1. The predicted octanol–water partition coefficient (Wildman–Crippen LogP) is 3.63. The van der Waals surface area contributed by atoms with Gasteiger partial charge in [0.2, 0.25) is 0 Å². The van der Waals surface area contributed by atoms with Crippen molar-refractivity contribution in [3.05, 3.63) is 0 Å². The Hall–Kier alpha value is -0.0800. The first-order valence-corrected chi connectivity index (χ1v) is 7.20. The maximum Gasteiger partial charge on any atom is 0.000134 e. The quantitative estimate of drug-likeness (QED) is 0.701. The van der Waals surface area contributed by atoms with Crippen molar-refractivity contribution in [1.29, 1.82) is 0 Å². The first kappa shape index (κ1) is 19.3. The van der Waals surface area contributed by atoms with Crippen molar-refractivity contribution in [2.75, 3.05) is 33.7 Å². The molecule has 0 atom stereocenters. The number of hydrogen-bond acceptors (Lipinski definition) is 2. The molecule has 17 heavy (non-hydrogen) atoms. The molecule has 0 unspecified atom stereocenters. The minimum absolute atomic E-state index is 0.467. The van der Waals surface area contributed by atoms with Gasteiger partial charge in [-0.15, -0.1) is 0 Å². The van der Waals surface area contributed by atoms with E-state index in [4.69, 9.17) is 0 Å². The van der Waals surface area contributed by atoms with Gasteiger partial charge >= 0.3 is 0 Å². The molecule has 0 aromatic carbocycles. The van der Waals surface area contributed by atoms with Gasteiger partial charge in [0.05, 0.1) is 0 Å². The molecule has 0 amide bonds. The molecule has 0 heterocycles. The predicted molar refractivity (Wildman–Crippen MR) is 80.6 cm³/mol. The average molecular weight is 244 g/mol. The molecule has 0 aliphatic heterocycles. The molecule has 0 fully saturated rings. The summed E-state index contributed by atoms with van der Waals surface area (Å²) in [5.41, 5.74) is 0.467. The summed E-state index contributed by atoms with van der Waals surface area (Å²) < 4.78 is 0. The van der Waals surface area contributed by atoms with Gasteiger partial charge in [-0.3, -0.25) is 0 Å². The SMILES string of the molecule is CC.CNCCC(C)(C)CCN(C)CC(C)C. The zero-order chi connectivity index (χ0) is 13.9. The average Bonchev–Trinajstić information content (AvgIpc) is 2.26. The van der Waals surface area contributed by atoms with Crippen LogP contribution in [0.3, 0.4) is 0 Å². The van der Waals surface area contributed by atoms with Gasteiger partial charge < -0.3 is 10.2 Å². The second-order valence-electron chi connectivity index (χ2n) is 5.92. The molecule has 2 nitrogen and oxygen atoms in total. The van der Waals surface area contributed by atoms with Crippen LogP contribution in [0, 0.1) is 11.3 Å². The van der Waals surface area contributed by atoms with Crippen LogP contribution in [0.2, 0.25) is 0 Å². The van der Waals surface area contributed by atoms with Crippen LogP contribution in [0.25, 0.3) is 0 Å².